The molecule has 0 amide bonds. The van der Waals surface area contributed by atoms with Crippen molar-refractivity contribution in [2.75, 3.05) is 7.05 Å². The Labute approximate surface area is 112 Å². The van der Waals surface area contributed by atoms with E-state index in [2.05, 4.69) is 56.5 Å². The zero-order chi connectivity index (χ0) is 13.0. The highest BCUT2D eigenvalue weighted by Crippen LogP contribution is 2.39. The van der Waals surface area contributed by atoms with E-state index < -0.39 is 0 Å². The van der Waals surface area contributed by atoms with Gasteiger partial charge in [0.15, 0.2) is 0 Å². The molecule has 0 heterocycles. The summed E-state index contributed by atoms with van der Waals surface area (Å²) in [5.74, 6) is 2.38. The fourth-order valence-corrected chi connectivity index (χ4v) is 3.04. The molecule has 0 saturated heterocycles. The first kappa shape index (κ1) is 13.6. The molecule has 1 saturated carbocycles. The normalized spacial score (nSPS) is 20.4. The minimum absolute atomic E-state index is 0.634. The van der Waals surface area contributed by atoms with E-state index in [4.69, 9.17) is 0 Å². The molecule has 1 nitrogen and oxygen atoms in total. The number of likely N-dealkylation sites (N-methyl/N-ethyl adjacent to an activating group) is 1. The van der Waals surface area contributed by atoms with E-state index in [9.17, 15) is 0 Å². The first-order valence-corrected chi connectivity index (χ1v) is 7.48. The quantitative estimate of drug-likeness (QED) is 0.759. The second-order valence-electron chi connectivity index (χ2n) is 5.90. The first-order valence-electron chi connectivity index (χ1n) is 7.48. The molecule has 3 unspecified atom stereocenters. The maximum atomic E-state index is 3.59. The molecular formula is C17H27N. The summed E-state index contributed by atoms with van der Waals surface area (Å²) < 4.78 is 0. The van der Waals surface area contributed by atoms with Crippen LogP contribution >= 0.6 is 0 Å². The summed E-state index contributed by atoms with van der Waals surface area (Å²) in [5, 5.41) is 3.59. The molecule has 1 aromatic rings. The second kappa shape index (κ2) is 6.38. The fourth-order valence-electron chi connectivity index (χ4n) is 3.04. The molecule has 2 rings (SSSR count). The summed E-state index contributed by atoms with van der Waals surface area (Å²) in [6.07, 6.45) is 5.49. The van der Waals surface area contributed by atoms with Crippen LogP contribution in [0.25, 0.3) is 0 Å². The van der Waals surface area contributed by atoms with Crippen LogP contribution in [-0.4, -0.2) is 13.1 Å². The summed E-state index contributed by atoms with van der Waals surface area (Å²) in [5.41, 5.74) is 1.51. The van der Waals surface area contributed by atoms with Gasteiger partial charge in [-0.3, -0.25) is 0 Å². The molecule has 0 spiro atoms. The molecule has 0 aliphatic heterocycles. The van der Waals surface area contributed by atoms with Crippen molar-refractivity contribution in [3.63, 3.8) is 0 Å². The summed E-state index contributed by atoms with van der Waals surface area (Å²) in [4.78, 5) is 0. The monoisotopic (exact) mass is 245 g/mol. The lowest BCUT2D eigenvalue weighted by atomic mass is 9.78. The third-order valence-electron chi connectivity index (χ3n) is 4.53. The van der Waals surface area contributed by atoms with Gasteiger partial charge in [0.2, 0.25) is 0 Å². The molecule has 1 N–H and O–H groups in total. The molecular weight excluding hydrogens is 218 g/mol. The van der Waals surface area contributed by atoms with Crippen LogP contribution in [0.15, 0.2) is 30.3 Å². The van der Waals surface area contributed by atoms with E-state index in [-0.39, 0.29) is 0 Å². The predicted molar refractivity (Wildman–Crippen MR) is 78.8 cm³/mol. The van der Waals surface area contributed by atoms with Crippen LogP contribution in [0.1, 0.15) is 51.0 Å². The second-order valence-corrected chi connectivity index (χ2v) is 5.90. The Morgan fingerprint density at radius 1 is 1.22 bits per heavy atom. The molecule has 0 radical (unpaired) electrons. The molecule has 1 aromatic carbocycles. The van der Waals surface area contributed by atoms with Crippen LogP contribution in [0.2, 0.25) is 0 Å². The van der Waals surface area contributed by atoms with Gasteiger partial charge < -0.3 is 5.32 Å². The van der Waals surface area contributed by atoms with Gasteiger partial charge >= 0.3 is 0 Å². The number of hydrogen-bond acceptors (Lipinski definition) is 1. The lowest BCUT2D eigenvalue weighted by Gasteiger charge is -2.32. The van der Waals surface area contributed by atoms with Crippen molar-refractivity contribution in [1.29, 1.82) is 0 Å². The Balaban J connectivity index is 2.17. The number of rotatable bonds is 7. The van der Waals surface area contributed by atoms with Gasteiger partial charge in [-0.25, -0.2) is 0 Å². The highest BCUT2D eigenvalue weighted by Gasteiger charge is 2.32. The van der Waals surface area contributed by atoms with Gasteiger partial charge in [0.25, 0.3) is 0 Å². The molecule has 0 aromatic heterocycles. The van der Waals surface area contributed by atoms with Crippen molar-refractivity contribution in [3.05, 3.63) is 35.9 Å². The SMILES string of the molecule is CCC(C)C(c1ccccc1)C(CC1CC1)NC. The van der Waals surface area contributed by atoms with Crippen LogP contribution in [0.5, 0.6) is 0 Å². The average Bonchev–Trinajstić information content (AvgIpc) is 3.22. The Morgan fingerprint density at radius 3 is 2.39 bits per heavy atom. The van der Waals surface area contributed by atoms with Gasteiger partial charge in [-0.2, -0.15) is 0 Å². The topological polar surface area (TPSA) is 12.0 Å². The summed E-state index contributed by atoms with van der Waals surface area (Å²) in [6, 6.07) is 11.7. The molecule has 1 fully saturated rings. The Hall–Kier alpha value is -0.820. The third kappa shape index (κ3) is 3.35. The largest absolute Gasteiger partial charge is 0.316 e. The van der Waals surface area contributed by atoms with E-state index in [1.807, 2.05) is 0 Å². The smallest absolute Gasteiger partial charge is 0.0138 e. The number of nitrogens with one attached hydrogen (secondary N) is 1. The molecule has 18 heavy (non-hydrogen) atoms. The van der Waals surface area contributed by atoms with Crippen LogP contribution < -0.4 is 5.32 Å². The minimum Gasteiger partial charge on any atom is -0.316 e. The van der Waals surface area contributed by atoms with Gasteiger partial charge in [0.1, 0.15) is 0 Å². The first-order chi connectivity index (χ1) is 8.76. The summed E-state index contributed by atoms with van der Waals surface area (Å²) in [7, 11) is 2.13. The van der Waals surface area contributed by atoms with Crippen molar-refractivity contribution in [1.82, 2.24) is 5.32 Å². The lowest BCUT2D eigenvalue weighted by molar-refractivity contribution is 0.325. The Bertz CT molecular complexity index is 342. The number of benzene rings is 1. The average molecular weight is 245 g/mol. The van der Waals surface area contributed by atoms with Gasteiger partial charge in [-0.15, -0.1) is 0 Å². The summed E-state index contributed by atoms with van der Waals surface area (Å²) >= 11 is 0. The van der Waals surface area contributed by atoms with Gasteiger partial charge in [0.05, 0.1) is 0 Å². The van der Waals surface area contributed by atoms with E-state index in [0.29, 0.717) is 12.0 Å². The van der Waals surface area contributed by atoms with Crippen LogP contribution in [0, 0.1) is 11.8 Å². The Morgan fingerprint density at radius 2 is 1.89 bits per heavy atom. The van der Waals surface area contributed by atoms with Crippen LogP contribution in [0.3, 0.4) is 0 Å². The van der Waals surface area contributed by atoms with E-state index in [1.165, 1.54) is 31.2 Å². The molecule has 3 atom stereocenters. The fraction of sp³-hybridized carbons (Fsp3) is 0.647. The minimum atomic E-state index is 0.634. The molecule has 1 heteroatoms. The molecule has 100 valence electrons. The van der Waals surface area contributed by atoms with E-state index in [1.54, 1.807) is 0 Å². The van der Waals surface area contributed by atoms with Crippen LogP contribution in [-0.2, 0) is 0 Å². The van der Waals surface area contributed by atoms with Crippen LogP contribution in [0.4, 0.5) is 0 Å². The van der Waals surface area contributed by atoms with Crippen molar-refractivity contribution in [2.45, 2.75) is 51.5 Å². The maximum Gasteiger partial charge on any atom is 0.0138 e. The van der Waals surface area contributed by atoms with E-state index in [0.717, 1.165) is 11.8 Å². The standard InChI is InChI=1S/C17H27N/c1-4-13(2)17(15-8-6-5-7-9-15)16(18-3)12-14-10-11-14/h5-9,13-14,16-18H,4,10-12H2,1-3H3. The van der Waals surface area contributed by atoms with E-state index >= 15 is 0 Å². The van der Waals surface area contributed by atoms with Crippen molar-refractivity contribution in [3.8, 4) is 0 Å². The predicted octanol–water partition coefficient (Wildman–Crippen LogP) is 4.20. The van der Waals surface area contributed by atoms with Crippen molar-refractivity contribution >= 4 is 0 Å². The highest BCUT2D eigenvalue weighted by molar-refractivity contribution is 5.22. The summed E-state index contributed by atoms with van der Waals surface area (Å²) in [6.45, 7) is 4.71. The highest BCUT2D eigenvalue weighted by atomic mass is 14.9. The van der Waals surface area contributed by atoms with Gasteiger partial charge in [-0.05, 0) is 30.9 Å². The zero-order valence-electron chi connectivity index (χ0n) is 12.0. The zero-order valence-corrected chi connectivity index (χ0v) is 12.0. The third-order valence-corrected chi connectivity index (χ3v) is 4.53. The van der Waals surface area contributed by atoms with Crippen molar-refractivity contribution in [2.24, 2.45) is 11.8 Å². The maximum absolute atomic E-state index is 3.59. The van der Waals surface area contributed by atoms with Gasteiger partial charge in [0, 0.05) is 12.0 Å². The van der Waals surface area contributed by atoms with Gasteiger partial charge in [-0.1, -0.05) is 63.4 Å². The molecule has 1 aliphatic carbocycles. The lowest BCUT2D eigenvalue weighted by Crippen LogP contribution is -2.35. The molecule has 0 bridgehead atoms. The van der Waals surface area contributed by atoms with Crippen molar-refractivity contribution < 1.29 is 0 Å². The number of hydrogen-bond donors (Lipinski definition) is 1. The molecule has 1 aliphatic rings. The Kier molecular flexibility index (Phi) is 4.82.